The molecule has 0 bridgehead atoms. The molecule has 1 aliphatic rings. The smallest absolute Gasteiger partial charge is 0.343 e. The lowest BCUT2D eigenvalue weighted by molar-refractivity contribution is -0.207. The van der Waals surface area contributed by atoms with Crippen molar-refractivity contribution in [2.75, 3.05) is 19.8 Å². The highest BCUT2D eigenvalue weighted by molar-refractivity contribution is 5.91. The van der Waals surface area contributed by atoms with Crippen molar-refractivity contribution in [2.24, 2.45) is 5.92 Å². The second kappa shape index (κ2) is 12.6. The largest absolute Gasteiger partial charge is 0.494 e. The lowest BCUT2D eigenvalue weighted by Crippen LogP contribution is -2.27. The number of ether oxygens (including phenoxy) is 4. The summed E-state index contributed by atoms with van der Waals surface area (Å²) in [4.78, 5) is 12.4. The molecular formula is C26H33FO5. The van der Waals surface area contributed by atoms with Crippen LogP contribution in [0.15, 0.2) is 42.5 Å². The SMILES string of the molecule is CCCCCCOc1ccc(OC(=O)c2ccc(C3OCC(CCC)CO3)c(F)c2)cc1. The monoisotopic (exact) mass is 444 g/mol. The summed E-state index contributed by atoms with van der Waals surface area (Å²) in [5.41, 5.74) is 0.416. The molecule has 5 nitrogen and oxygen atoms in total. The Bertz CT molecular complexity index is 844. The summed E-state index contributed by atoms with van der Waals surface area (Å²) >= 11 is 0. The predicted octanol–water partition coefficient (Wildman–Crippen LogP) is 6.47. The fourth-order valence-electron chi connectivity index (χ4n) is 3.63. The van der Waals surface area contributed by atoms with Gasteiger partial charge in [0.1, 0.15) is 17.3 Å². The third kappa shape index (κ3) is 7.04. The maximum atomic E-state index is 14.6. The summed E-state index contributed by atoms with van der Waals surface area (Å²) in [5, 5.41) is 0. The number of esters is 1. The molecule has 2 aromatic rings. The lowest BCUT2D eigenvalue weighted by Gasteiger charge is -2.29. The number of unbranched alkanes of at least 4 members (excludes halogenated alkanes) is 3. The molecular weight excluding hydrogens is 411 g/mol. The van der Waals surface area contributed by atoms with Gasteiger partial charge in [0, 0.05) is 11.5 Å². The number of rotatable bonds is 11. The van der Waals surface area contributed by atoms with E-state index in [2.05, 4.69) is 13.8 Å². The lowest BCUT2D eigenvalue weighted by atomic mass is 10.0. The van der Waals surface area contributed by atoms with Gasteiger partial charge in [0.05, 0.1) is 25.4 Å². The van der Waals surface area contributed by atoms with Crippen LogP contribution in [-0.4, -0.2) is 25.8 Å². The van der Waals surface area contributed by atoms with Gasteiger partial charge in [-0.15, -0.1) is 0 Å². The molecule has 0 radical (unpaired) electrons. The van der Waals surface area contributed by atoms with Gasteiger partial charge in [-0.1, -0.05) is 45.6 Å². The van der Waals surface area contributed by atoms with Gasteiger partial charge < -0.3 is 18.9 Å². The zero-order valence-electron chi connectivity index (χ0n) is 19.0. The minimum absolute atomic E-state index is 0.127. The molecule has 0 saturated carbocycles. The van der Waals surface area contributed by atoms with E-state index in [-0.39, 0.29) is 11.1 Å². The summed E-state index contributed by atoms with van der Waals surface area (Å²) in [6.45, 7) is 6.03. The Morgan fingerprint density at radius 2 is 1.69 bits per heavy atom. The molecule has 6 heteroatoms. The Kier molecular flexibility index (Phi) is 9.50. The summed E-state index contributed by atoms with van der Waals surface area (Å²) < 4.78 is 37.1. The van der Waals surface area contributed by atoms with Gasteiger partial charge in [-0.05, 0) is 49.2 Å². The van der Waals surface area contributed by atoms with Crippen molar-refractivity contribution in [3.05, 3.63) is 59.4 Å². The quantitative estimate of drug-likeness (QED) is 0.226. The first kappa shape index (κ1) is 24.2. The Morgan fingerprint density at radius 3 is 2.34 bits per heavy atom. The van der Waals surface area contributed by atoms with E-state index in [9.17, 15) is 9.18 Å². The van der Waals surface area contributed by atoms with Crippen molar-refractivity contribution in [3.8, 4) is 11.5 Å². The van der Waals surface area contributed by atoms with Crippen molar-refractivity contribution in [1.29, 1.82) is 0 Å². The predicted molar refractivity (Wildman–Crippen MR) is 120 cm³/mol. The van der Waals surface area contributed by atoms with Crippen LogP contribution in [0.1, 0.15) is 74.6 Å². The number of hydrogen-bond donors (Lipinski definition) is 0. The van der Waals surface area contributed by atoms with Gasteiger partial charge in [-0.25, -0.2) is 9.18 Å². The highest BCUT2D eigenvalue weighted by Gasteiger charge is 2.26. The molecule has 1 heterocycles. The van der Waals surface area contributed by atoms with Crippen LogP contribution in [0.25, 0.3) is 0 Å². The van der Waals surface area contributed by atoms with E-state index >= 15 is 0 Å². The van der Waals surface area contributed by atoms with Crippen molar-refractivity contribution in [2.45, 2.75) is 58.7 Å². The molecule has 0 aromatic heterocycles. The van der Waals surface area contributed by atoms with Gasteiger partial charge in [0.25, 0.3) is 0 Å². The first-order valence-electron chi connectivity index (χ1n) is 11.6. The molecule has 0 spiro atoms. The molecule has 0 N–H and O–H groups in total. The molecule has 0 unspecified atom stereocenters. The van der Waals surface area contributed by atoms with Gasteiger partial charge >= 0.3 is 5.97 Å². The molecule has 3 rings (SSSR count). The molecule has 174 valence electrons. The zero-order valence-corrected chi connectivity index (χ0v) is 19.0. The molecule has 1 fully saturated rings. The van der Waals surface area contributed by atoms with Gasteiger partial charge in [0.2, 0.25) is 0 Å². The minimum atomic E-state index is -0.748. The molecule has 32 heavy (non-hydrogen) atoms. The van der Waals surface area contributed by atoms with E-state index in [0.717, 1.165) is 37.5 Å². The average molecular weight is 445 g/mol. The highest BCUT2D eigenvalue weighted by atomic mass is 19.1. The van der Waals surface area contributed by atoms with E-state index in [1.54, 1.807) is 24.3 Å². The van der Waals surface area contributed by atoms with E-state index in [4.69, 9.17) is 18.9 Å². The first-order valence-corrected chi connectivity index (χ1v) is 11.6. The van der Waals surface area contributed by atoms with Crippen molar-refractivity contribution in [1.82, 2.24) is 0 Å². The van der Waals surface area contributed by atoms with Crippen molar-refractivity contribution >= 4 is 5.97 Å². The van der Waals surface area contributed by atoms with Crippen LogP contribution in [0.5, 0.6) is 11.5 Å². The Hall–Kier alpha value is -2.44. The van der Waals surface area contributed by atoms with Crippen LogP contribution < -0.4 is 9.47 Å². The minimum Gasteiger partial charge on any atom is -0.494 e. The third-order valence-corrected chi connectivity index (χ3v) is 5.45. The molecule has 1 saturated heterocycles. The number of hydrogen-bond acceptors (Lipinski definition) is 5. The average Bonchev–Trinajstić information content (AvgIpc) is 2.81. The summed E-state index contributed by atoms with van der Waals surface area (Å²) in [7, 11) is 0. The number of carbonyl (C=O) groups excluding carboxylic acids is 1. The third-order valence-electron chi connectivity index (χ3n) is 5.45. The number of carbonyl (C=O) groups is 1. The zero-order chi connectivity index (χ0) is 22.8. The molecule has 0 atom stereocenters. The van der Waals surface area contributed by atoms with Crippen LogP contribution in [0.3, 0.4) is 0 Å². The van der Waals surface area contributed by atoms with E-state index < -0.39 is 18.1 Å². The summed E-state index contributed by atoms with van der Waals surface area (Å²) in [5.74, 6) is 0.262. The molecule has 1 aliphatic heterocycles. The van der Waals surface area contributed by atoms with Crippen molar-refractivity contribution < 1.29 is 28.1 Å². The van der Waals surface area contributed by atoms with Crippen LogP contribution in [0.4, 0.5) is 4.39 Å². The molecule has 0 aliphatic carbocycles. The summed E-state index contributed by atoms with van der Waals surface area (Å²) in [6, 6.07) is 11.1. The first-order chi connectivity index (χ1) is 15.6. The highest BCUT2D eigenvalue weighted by Crippen LogP contribution is 2.29. The Morgan fingerprint density at radius 1 is 0.969 bits per heavy atom. The molecule has 2 aromatic carbocycles. The Balaban J connectivity index is 1.51. The normalized spacial score (nSPS) is 18.3. The second-order valence-electron chi connectivity index (χ2n) is 8.16. The van der Waals surface area contributed by atoms with Crippen LogP contribution in [0.2, 0.25) is 0 Å². The van der Waals surface area contributed by atoms with Crippen LogP contribution >= 0.6 is 0 Å². The maximum absolute atomic E-state index is 14.6. The number of benzene rings is 2. The van der Waals surface area contributed by atoms with Crippen LogP contribution in [-0.2, 0) is 9.47 Å². The maximum Gasteiger partial charge on any atom is 0.343 e. The molecule has 0 amide bonds. The topological polar surface area (TPSA) is 54.0 Å². The van der Waals surface area contributed by atoms with E-state index in [0.29, 0.717) is 31.5 Å². The van der Waals surface area contributed by atoms with Crippen molar-refractivity contribution in [3.63, 3.8) is 0 Å². The summed E-state index contributed by atoms with van der Waals surface area (Å²) in [6.07, 6.45) is 5.90. The Labute approximate surface area is 189 Å². The van der Waals surface area contributed by atoms with Gasteiger partial charge in [0.15, 0.2) is 6.29 Å². The second-order valence-corrected chi connectivity index (χ2v) is 8.16. The number of halogens is 1. The van der Waals surface area contributed by atoms with Gasteiger partial charge in [-0.3, -0.25) is 0 Å². The van der Waals surface area contributed by atoms with Gasteiger partial charge in [-0.2, -0.15) is 0 Å². The van der Waals surface area contributed by atoms with E-state index in [1.165, 1.54) is 25.0 Å². The van der Waals surface area contributed by atoms with Crippen LogP contribution in [0, 0.1) is 11.7 Å². The van der Waals surface area contributed by atoms with E-state index in [1.807, 2.05) is 0 Å². The fraction of sp³-hybridized carbons (Fsp3) is 0.500. The standard InChI is InChI=1S/C26H33FO5/c1-3-5-6-7-15-29-21-10-12-22(13-11-21)32-25(28)20-9-14-23(24(27)16-20)26-30-17-19(8-4-2)18-31-26/h9-14,16,19,26H,3-8,15,17-18H2,1-2H3. The fourth-order valence-corrected chi connectivity index (χ4v) is 3.63.